The summed E-state index contributed by atoms with van der Waals surface area (Å²) in [5, 5.41) is 8.20. The molecule has 0 amide bonds. The van der Waals surface area contributed by atoms with Crippen molar-refractivity contribution in [3.05, 3.63) is 5.76 Å². The molecule has 0 saturated heterocycles. The summed E-state index contributed by atoms with van der Waals surface area (Å²) in [4.78, 5) is 18.8. The van der Waals surface area contributed by atoms with Crippen LogP contribution in [0.4, 0.5) is 0 Å². The highest BCUT2D eigenvalue weighted by molar-refractivity contribution is 5.49. The zero-order valence-electron chi connectivity index (χ0n) is 3.96. The third-order valence-corrected chi connectivity index (χ3v) is 0.406. The molecule has 44 valence electrons. The van der Waals surface area contributed by atoms with Crippen molar-refractivity contribution in [2.24, 2.45) is 0 Å². The summed E-state index contributed by atoms with van der Waals surface area (Å²) in [5.74, 6) is 0.524. The highest BCUT2D eigenvalue weighted by Crippen LogP contribution is 1.77. The second kappa shape index (κ2) is 3.89. The van der Waals surface area contributed by atoms with E-state index in [1.807, 2.05) is 0 Å². The molecule has 0 aliphatic rings. The number of aliphatic hydroxyl groups is 1. The first-order valence-corrected chi connectivity index (χ1v) is 1.79. The predicted molar refractivity (Wildman–Crippen MR) is 23.9 cm³/mol. The largest absolute Gasteiger partial charge is 0.499 e. The summed E-state index contributed by atoms with van der Waals surface area (Å²) in [6.45, 7) is -0.263. The highest BCUT2D eigenvalue weighted by Gasteiger charge is 1.89. The summed E-state index contributed by atoms with van der Waals surface area (Å²) >= 11 is 0. The number of ether oxygens (including phenoxy) is 1. The molecule has 0 aliphatic carbocycles. The molecule has 0 aromatic rings. The second-order valence-corrected chi connectivity index (χ2v) is 0.956. The van der Waals surface area contributed by atoms with Gasteiger partial charge in [-0.3, -0.25) is 4.79 Å². The van der Waals surface area contributed by atoms with Crippen LogP contribution in [-0.4, -0.2) is 24.1 Å². The molecule has 0 heterocycles. The average molecular weight is 116 g/mol. The maximum Gasteiger partial charge on any atom is 0.293 e. The minimum Gasteiger partial charge on any atom is -0.499 e. The van der Waals surface area contributed by atoms with E-state index in [2.05, 4.69) is 4.74 Å². The molecule has 0 spiro atoms. The Morgan fingerprint density at radius 2 is 2.50 bits per heavy atom. The van der Waals surface area contributed by atoms with Gasteiger partial charge < -0.3 is 9.84 Å². The summed E-state index contributed by atoms with van der Waals surface area (Å²) in [5.41, 5.74) is 0. The van der Waals surface area contributed by atoms with Gasteiger partial charge in [-0.25, -0.2) is 4.79 Å². The van der Waals surface area contributed by atoms with Gasteiger partial charge >= 0.3 is 0 Å². The van der Waals surface area contributed by atoms with Gasteiger partial charge in [0, 0.05) is 0 Å². The van der Waals surface area contributed by atoms with E-state index in [0.717, 1.165) is 5.94 Å². The van der Waals surface area contributed by atoms with Crippen LogP contribution in [-0.2, 0) is 14.3 Å². The lowest BCUT2D eigenvalue weighted by Gasteiger charge is -1.88. The third kappa shape index (κ3) is 2.93. The Morgan fingerprint density at radius 3 is 2.88 bits per heavy atom. The minimum atomic E-state index is -0.614. The fourth-order valence-corrected chi connectivity index (χ4v) is 0.142. The predicted octanol–water partition coefficient (Wildman–Crippen LogP) is -0.567. The molecule has 0 rings (SSSR count). The van der Waals surface area contributed by atoms with Crippen LogP contribution < -0.4 is 0 Å². The maximum atomic E-state index is 9.40. The van der Waals surface area contributed by atoms with Crippen LogP contribution in [0.25, 0.3) is 0 Å². The number of rotatable bonds is 3. The Hall–Kier alpha value is -1.28. The molecule has 0 bridgehead atoms. The van der Waals surface area contributed by atoms with Gasteiger partial charge in [0.05, 0.1) is 0 Å². The molecule has 4 nitrogen and oxygen atoms in total. The van der Waals surface area contributed by atoms with E-state index in [-0.39, 0.29) is 6.47 Å². The van der Waals surface area contributed by atoms with Crippen molar-refractivity contribution >= 4 is 12.4 Å². The van der Waals surface area contributed by atoms with Gasteiger partial charge in [0.15, 0.2) is 12.5 Å². The fourth-order valence-electron chi connectivity index (χ4n) is 0.142. The Balaban J connectivity index is 3.39. The number of carbonyl (C=O) groups excluding carboxylic acids is 2. The van der Waals surface area contributed by atoms with E-state index >= 15 is 0 Å². The lowest BCUT2D eigenvalue weighted by Crippen LogP contribution is -1.94. The molecular formula is C4H4O4. The summed E-state index contributed by atoms with van der Waals surface area (Å²) in [6, 6.07) is 0. The first kappa shape index (κ1) is 6.72. The van der Waals surface area contributed by atoms with Crippen LogP contribution in [0.2, 0.25) is 0 Å². The molecule has 8 heavy (non-hydrogen) atoms. The van der Waals surface area contributed by atoms with Crippen molar-refractivity contribution in [3.8, 4) is 0 Å². The second-order valence-electron chi connectivity index (χ2n) is 0.956. The Labute approximate surface area is 45.4 Å². The van der Waals surface area contributed by atoms with Crippen molar-refractivity contribution in [2.75, 3.05) is 6.61 Å². The minimum absolute atomic E-state index is 0.133. The number of hydrogen-bond donors (Lipinski definition) is 1. The molecular weight excluding hydrogens is 112 g/mol. The fraction of sp³-hybridized carbons (Fsp3) is 0.250. The van der Waals surface area contributed by atoms with Crippen molar-refractivity contribution in [1.82, 2.24) is 0 Å². The summed E-state index contributed by atoms with van der Waals surface area (Å²) in [7, 11) is 0. The smallest absolute Gasteiger partial charge is 0.293 e. The molecule has 0 aliphatic heterocycles. The van der Waals surface area contributed by atoms with Gasteiger partial charge in [0.2, 0.25) is 5.76 Å². The quantitative estimate of drug-likeness (QED) is 0.305. The molecule has 0 atom stereocenters. The van der Waals surface area contributed by atoms with E-state index in [4.69, 9.17) is 5.11 Å². The van der Waals surface area contributed by atoms with E-state index in [1.165, 1.54) is 0 Å². The van der Waals surface area contributed by atoms with Crippen LogP contribution in [0, 0.1) is 0 Å². The summed E-state index contributed by atoms with van der Waals surface area (Å²) < 4.78 is 3.96. The number of carbonyl (C=O) groups is 1. The van der Waals surface area contributed by atoms with Gasteiger partial charge in [-0.1, -0.05) is 0 Å². The number of aliphatic hydroxyl groups excluding tert-OH is 1. The van der Waals surface area contributed by atoms with Crippen LogP contribution in [0.5, 0.6) is 0 Å². The molecule has 0 aromatic heterocycles. The van der Waals surface area contributed by atoms with Crippen LogP contribution in [0.3, 0.4) is 0 Å². The van der Waals surface area contributed by atoms with Crippen LogP contribution in [0.15, 0.2) is 5.76 Å². The van der Waals surface area contributed by atoms with Gasteiger partial charge in [0.25, 0.3) is 6.47 Å². The van der Waals surface area contributed by atoms with Gasteiger partial charge in [-0.05, 0) is 0 Å². The zero-order valence-corrected chi connectivity index (χ0v) is 3.96. The molecule has 0 aromatic carbocycles. The monoisotopic (exact) mass is 116 g/mol. The molecule has 0 unspecified atom stereocenters. The topological polar surface area (TPSA) is 63.6 Å². The Bertz CT molecular complexity index is 122. The van der Waals surface area contributed by atoms with E-state index in [9.17, 15) is 9.59 Å². The highest BCUT2D eigenvalue weighted by atomic mass is 16.5. The average Bonchev–Trinajstić information content (AvgIpc) is 1.83. The van der Waals surface area contributed by atoms with E-state index in [0.29, 0.717) is 0 Å². The molecule has 0 saturated carbocycles. The zero-order chi connectivity index (χ0) is 6.41. The lowest BCUT2D eigenvalue weighted by atomic mass is 10.6. The van der Waals surface area contributed by atoms with Crippen molar-refractivity contribution in [2.45, 2.75) is 0 Å². The van der Waals surface area contributed by atoms with Gasteiger partial charge in [-0.15, -0.1) is 0 Å². The SMILES string of the molecule is O=C=C(O)COC=O. The standard InChI is InChI=1S/C4H4O4/c5-1-4(7)2-8-3-6/h3,7H,2H2. The molecule has 1 N–H and O–H groups in total. The lowest BCUT2D eigenvalue weighted by molar-refractivity contribution is -0.128. The molecule has 0 fully saturated rings. The van der Waals surface area contributed by atoms with Crippen molar-refractivity contribution in [3.63, 3.8) is 0 Å². The van der Waals surface area contributed by atoms with Gasteiger partial charge in [0.1, 0.15) is 0 Å². The third-order valence-electron chi connectivity index (χ3n) is 0.406. The maximum absolute atomic E-state index is 9.40. The van der Waals surface area contributed by atoms with Gasteiger partial charge in [-0.2, -0.15) is 0 Å². The molecule has 0 radical (unpaired) electrons. The first-order valence-electron chi connectivity index (χ1n) is 1.79. The number of hydrogen-bond acceptors (Lipinski definition) is 4. The summed E-state index contributed by atoms with van der Waals surface area (Å²) in [6.07, 6.45) is 0. The van der Waals surface area contributed by atoms with E-state index < -0.39 is 12.4 Å². The van der Waals surface area contributed by atoms with Crippen molar-refractivity contribution < 1.29 is 19.4 Å². The van der Waals surface area contributed by atoms with Crippen LogP contribution in [0.1, 0.15) is 0 Å². The Kier molecular flexibility index (Phi) is 3.27. The van der Waals surface area contributed by atoms with Crippen molar-refractivity contribution in [1.29, 1.82) is 0 Å². The van der Waals surface area contributed by atoms with E-state index in [1.54, 1.807) is 0 Å². The first-order chi connectivity index (χ1) is 3.81. The Morgan fingerprint density at radius 1 is 1.88 bits per heavy atom. The van der Waals surface area contributed by atoms with Crippen LogP contribution >= 0.6 is 0 Å². The molecule has 4 heteroatoms. The normalized spacial score (nSPS) is 7.00.